The number of aliphatic hydroxyl groups excluding tert-OH is 1. The number of thiocarbonyl (C=S) groups is 1. The first kappa shape index (κ1) is 15.7. The molecule has 2 atom stereocenters. The second kappa shape index (κ2) is 6.87. The number of nitrogens with two attached hydrogens (primary N) is 1. The van der Waals surface area contributed by atoms with E-state index in [2.05, 4.69) is 0 Å². The first-order chi connectivity index (χ1) is 9.99. The Bertz CT molecular complexity index is 535. The van der Waals surface area contributed by atoms with Gasteiger partial charge in [-0.1, -0.05) is 31.3 Å². The number of rotatable bonds is 4. The van der Waals surface area contributed by atoms with Gasteiger partial charge < -0.3 is 20.5 Å². The van der Waals surface area contributed by atoms with E-state index in [0.29, 0.717) is 24.4 Å². The van der Waals surface area contributed by atoms with Gasteiger partial charge in [-0.25, -0.2) is 0 Å². The third kappa shape index (κ3) is 3.92. The Morgan fingerprint density at radius 1 is 1.52 bits per heavy atom. The minimum absolute atomic E-state index is 0.0826. The largest absolute Gasteiger partial charge is 0.483 e. The van der Waals surface area contributed by atoms with Gasteiger partial charge in [0.2, 0.25) is 0 Å². The maximum atomic E-state index is 12.1. The van der Waals surface area contributed by atoms with Crippen LogP contribution in [0.3, 0.4) is 0 Å². The van der Waals surface area contributed by atoms with Crippen LogP contribution < -0.4 is 10.5 Å². The number of ether oxygens (including phenoxy) is 1. The molecule has 1 aromatic carbocycles. The molecule has 1 saturated heterocycles. The standard InChI is InChI=1S/C15H20N2O3S/c1-10-6-7-17(8-12(10)18)14(19)9-20-13-5-3-2-4-11(13)15(16)21/h2-5,10,12,18H,6-9H2,1H3,(H2,16,21). The lowest BCUT2D eigenvalue weighted by Gasteiger charge is -2.34. The van der Waals surface area contributed by atoms with E-state index < -0.39 is 6.10 Å². The highest BCUT2D eigenvalue weighted by Gasteiger charge is 2.27. The quantitative estimate of drug-likeness (QED) is 0.809. The summed E-state index contributed by atoms with van der Waals surface area (Å²) in [5, 5.41) is 9.83. The third-order valence-corrected chi connectivity index (χ3v) is 3.99. The molecule has 1 amide bonds. The summed E-state index contributed by atoms with van der Waals surface area (Å²) >= 11 is 4.95. The van der Waals surface area contributed by atoms with Gasteiger partial charge in [0.05, 0.1) is 11.7 Å². The van der Waals surface area contributed by atoms with E-state index in [1.54, 1.807) is 23.1 Å². The summed E-state index contributed by atoms with van der Waals surface area (Å²) in [5.41, 5.74) is 6.24. The molecule has 0 bridgehead atoms. The number of aliphatic hydroxyl groups is 1. The lowest BCUT2D eigenvalue weighted by atomic mass is 9.96. The summed E-state index contributed by atoms with van der Waals surface area (Å²) in [6.07, 6.45) is 0.336. The van der Waals surface area contributed by atoms with Crippen LogP contribution in [0.5, 0.6) is 5.75 Å². The first-order valence-corrected chi connectivity index (χ1v) is 7.37. The number of likely N-dealkylation sites (tertiary alicyclic amines) is 1. The second-order valence-corrected chi connectivity index (χ2v) is 5.76. The van der Waals surface area contributed by atoms with Crippen LogP contribution in [0.4, 0.5) is 0 Å². The molecule has 1 aromatic rings. The predicted molar refractivity (Wildman–Crippen MR) is 84.2 cm³/mol. The molecular weight excluding hydrogens is 288 g/mol. The number of benzene rings is 1. The molecule has 1 aliphatic heterocycles. The fourth-order valence-electron chi connectivity index (χ4n) is 2.30. The number of carbonyl (C=O) groups is 1. The fourth-order valence-corrected chi connectivity index (χ4v) is 2.47. The van der Waals surface area contributed by atoms with Crippen molar-refractivity contribution in [2.45, 2.75) is 19.4 Å². The van der Waals surface area contributed by atoms with Crippen molar-refractivity contribution in [3.8, 4) is 5.75 Å². The van der Waals surface area contributed by atoms with Crippen LogP contribution in [0.15, 0.2) is 24.3 Å². The van der Waals surface area contributed by atoms with Crippen molar-refractivity contribution >= 4 is 23.1 Å². The van der Waals surface area contributed by atoms with Crippen molar-refractivity contribution in [2.24, 2.45) is 11.7 Å². The Hall–Kier alpha value is -1.66. The minimum Gasteiger partial charge on any atom is -0.483 e. The van der Waals surface area contributed by atoms with Gasteiger partial charge in [-0.15, -0.1) is 0 Å². The predicted octanol–water partition coefficient (Wildman–Crippen LogP) is 0.929. The summed E-state index contributed by atoms with van der Waals surface area (Å²) in [6.45, 7) is 2.92. The highest BCUT2D eigenvalue weighted by atomic mass is 32.1. The SMILES string of the molecule is CC1CCN(C(=O)COc2ccccc2C(N)=S)CC1O. The van der Waals surface area contributed by atoms with E-state index in [9.17, 15) is 9.90 Å². The Kier molecular flexibility index (Phi) is 5.14. The van der Waals surface area contributed by atoms with Crippen molar-refractivity contribution in [1.82, 2.24) is 4.90 Å². The lowest BCUT2D eigenvalue weighted by molar-refractivity contribution is -0.137. The third-order valence-electron chi connectivity index (χ3n) is 3.78. The van der Waals surface area contributed by atoms with Crippen molar-refractivity contribution in [3.63, 3.8) is 0 Å². The van der Waals surface area contributed by atoms with Crippen LogP contribution >= 0.6 is 12.2 Å². The van der Waals surface area contributed by atoms with Crippen LogP contribution in [0.25, 0.3) is 0 Å². The molecule has 2 unspecified atom stereocenters. The molecule has 114 valence electrons. The van der Waals surface area contributed by atoms with E-state index in [-0.39, 0.29) is 23.4 Å². The molecule has 1 fully saturated rings. The molecule has 2 rings (SSSR count). The number of para-hydroxylation sites is 1. The first-order valence-electron chi connectivity index (χ1n) is 6.96. The summed E-state index contributed by atoms with van der Waals surface area (Å²) in [4.78, 5) is 14.0. The second-order valence-electron chi connectivity index (χ2n) is 5.32. The number of amides is 1. The van der Waals surface area contributed by atoms with Crippen molar-refractivity contribution in [2.75, 3.05) is 19.7 Å². The summed E-state index contributed by atoms with van der Waals surface area (Å²) in [5.74, 6) is 0.591. The van der Waals surface area contributed by atoms with E-state index in [0.717, 1.165) is 6.42 Å². The topological polar surface area (TPSA) is 75.8 Å². The zero-order chi connectivity index (χ0) is 15.4. The number of hydrogen-bond acceptors (Lipinski definition) is 4. The smallest absolute Gasteiger partial charge is 0.260 e. The van der Waals surface area contributed by atoms with Crippen molar-refractivity contribution < 1.29 is 14.6 Å². The van der Waals surface area contributed by atoms with E-state index in [1.807, 2.05) is 13.0 Å². The molecule has 0 aliphatic carbocycles. The lowest BCUT2D eigenvalue weighted by Crippen LogP contribution is -2.47. The normalized spacial score (nSPS) is 21.9. The monoisotopic (exact) mass is 308 g/mol. The van der Waals surface area contributed by atoms with Crippen molar-refractivity contribution in [1.29, 1.82) is 0 Å². The Balaban J connectivity index is 1.94. The van der Waals surface area contributed by atoms with Gasteiger partial charge in [-0.2, -0.15) is 0 Å². The van der Waals surface area contributed by atoms with Crippen LogP contribution in [-0.2, 0) is 4.79 Å². The van der Waals surface area contributed by atoms with Gasteiger partial charge in [0.1, 0.15) is 10.7 Å². The number of hydrogen-bond donors (Lipinski definition) is 2. The molecule has 0 aromatic heterocycles. The van der Waals surface area contributed by atoms with Crippen LogP contribution in [0, 0.1) is 5.92 Å². The average molecular weight is 308 g/mol. The molecule has 1 heterocycles. The number of nitrogens with zero attached hydrogens (tertiary/aromatic N) is 1. The Morgan fingerprint density at radius 2 is 2.24 bits per heavy atom. The molecule has 21 heavy (non-hydrogen) atoms. The van der Waals surface area contributed by atoms with E-state index >= 15 is 0 Å². The maximum Gasteiger partial charge on any atom is 0.260 e. The Morgan fingerprint density at radius 3 is 2.90 bits per heavy atom. The molecule has 3 N–H and O–H groups in total. The Labute approximate surface area is 129 Å². The van der Waals surface area contributed by atoms with Gasteiger partial charge in [0.25, 0.3) is 5.91 Å². The van der Waals surface area contributed by atoms with Gasteiger partial charge >= 0.3 is 0 Å². The van der Waals surface area contributed by atoms with Gasteiger partial charge in [-0.05, 0) is 24.5 Å². The zero-order valence-electron chi connectivity index (χ0n) is 12.0. The van der Waals surface area contributed by atoms with E-state index in [1.165, 1.54) is 0 Å². The molecule has 5 nitrogen and oxygen atoms in total. The minimum atomic E-state index is -0.466. The summed E-state index contributed by atoms with van der Waals surface area (Å²) in [7, 11) is 0. The van der Waals surface area contributed by atoms with Gasteiger partial charge in [-0.3, -0.25) is 4.79 Å². The zero-order valence-corrected chi connectivity index (χ0v) is 12.8. The summed E-state index contributed by atoms with van der Waals surface area (Å²) in [6, 6.07) is 7.10. The van der Waals surface area contributed by atoms with Gasteiger partial charge in [0.15, 0.2) is 6.61 Å². The van der Waals surface area contributed by atoms with Crippen LogP contribution in [-0.4, -0.2) is 46.7 Å². The van der Waals surface area contributed by atoms with Crippen molar-refractivity contribution in [3.05, 3.63) is 29.8 Å². The van der Waals surface area contributed by atoms with Gasteiger partial charge in [0, 0.05) is 13.1 Å². The highest BCUT2D eigenvalue weighted by molar-refractivity contribution is 7.80. The molecule has 1 aliphatic rings. The summed E-state index contributed by atoms with van der Waals surface area (Å²) < 4.78 is 5.54. The molecule has 0 radical (unpaired) electrons. The number of β-amino-alcohol motifs (C(OH)–C–C–N with tert-alkyl or cyclic N) is 1. The number of piperidine rings is 1. The fraction of sp³-hybridized carbons (Fsp3) is 0.467. The average Bonchev–Trinajstić information content (AvgIpc) is 2.47. The molecule has 0 spiro atoms. The molecule has 0 saturated carbocycles. The van der Waals surface area contributed by atoms with Crippen LogP contribution in [0.2, 0.25) is 0 Å². The highest BCUT2D eigenvalue weighted by Crippen LogP contribution is 2.19. The number of carbonyl (C=O) groups excluding carboxylic acids is 1. The maximum absolute atomic E-state index is 12.1. The molecular formula is C15H20N2O3S. The van der Waals surface area contributed by atoms with Crippen LogP contribution in [0.1, 0.15) is 18.9 Å². The molecule has 6 heteroatoms. The van der Waals surface area contributed by atoms with E-state index in [4.69, 9.17) is 22.7 Å².